The lowest BCUT2D eigenvalue weighted by atomic mass is 9.95. The summed E-state index contributed by atoms with van der Waals surface area (Å²) in [7, 11) is 0. The van der Waals surface area contributed by atoms with Crippen LogP contribution in [-0.4, -0.2) is 4.57 Å². The number of hydrogen-bond acceptors (Lipinski definition) is 1. The van der Waals surface area contributed by atoms with Crippen molar-refractivity contribution < 1.29 is 4.42 Å². The number of aromatic nitrogens is 1. The zero-order chi connectivity index (χ0) is 33.5. The molecule has 0 aliphatic heterocycles. The first-order valence-electron chi connectivity index (χ1n) is 17.6. The molecule has 2 heteroatoms. The molecule has 0 amide bonds. The van der Waals surface area contributed by atoms with E-state index in [2.05, 4.69) is 168 Å². The summed E-state index contributed by atoms with van der Waals surface area (Å²) in [6.45, 7) is 0. The molecule has 2 nitrogen and oxygen atoms in total. The Bertz CT molecular complexity index is 2980. The third-order valence-electron chi connectivity index (χ3n) is 10.9. The summed E-state index contributed by atoms with van der Waals surface area (Å²) in [6.07, 6.45) is 0.937. The second-order valence-corrected chi connectivity index (χ2v) is 13.6. The molecule has 8 aromatic carbocycles. The van der Waals surface area contributed by atoms with E-state index in [1.165, 1.54) is 77.4 Å². The molecule has 0 saturated carbocycles. The lowest BCUT2D eigenvalue weighted by molar-refractivity contribution is 0.669. The summed E-state index contributed by atoms with van der Waals surface area (Å²) >= 11 is 0. The molecular weight excluding hydrogens is 619 g/mol. The van der Waals surface area contributed by atoms with Gasteiger partial charge >= 0.3 is 0 Å². The Morgan fingerprint density at radius 2 is 0.902 bits per heavy atom. The number of furan rings is 1. The number of para-hydroxylation sites is 2. The SMILES string of the molecule is c1ccc(-c2cccc3c2Cc2c(-c4ccc(-n5c6ccccc6c6cc(-c7ccc8oc9ccccc9c8c7)ccc65)cc4)cccc2-3)cc1. The van der Waals surface area contributed by atoms with Gasteiger partial charge in [0.2, 0.25) is 0 Å². The standard InChI is InChI=1S/C49H31NO/c1-2-10-31(11-3-1)36-14-8-16-38-39-17-9-15-37(43(39)30-42(36)38)32-20-24-35(25-21-32)50-46-18-6-4-12-40(46)44-28-33(22-26-47(44)50)34-23-27-49-45(29-34)41-13-5-7-19-48(41)51-49/h1-29H,30H2. The molecule has 0 bridgehead atoms. The molecular formula is C49H31NO. The van der Waals surface area contributed by atoms with Crippen molar-refractivity contribution in [3.05, 3.63) is 187 Å². The van der Waals surface area contributed by atoms with E-state index in [1.807, 2.05) is 12.1 Å². The number of rotatable bonds is 4. The summed E-state index contributed by atoms with van der Waals surface area (Å²) in [5, 5.41) is 4.80. The normalized spacial score (nSPS) is 12.2. The van der Waals surface area contributed by atoms with Crippen molar-refractivity contribution in [2.45, 2.75) is 6.42 Å². The van der Waals surface area contributed by atoms with E-state index in [-0.39, 0.29) is 0 Å². The van der Waals surface area contributed by atoms with Gasteiger partial charge in [0.15, 0.2) is 0 Å². The third kappa shape index (κ3) is 4.30. The number of nitrogens with zero attached hydrogens (tertiary/aromatic N) is 1. The van der Waals surface area contributed by atoms with Crippen LogP contribution in [0, 0.1) is 0 Å². The minimum absolute atomic E-state index is 0.919. The maximum atomic E-state index is 6.11. The van der Waals surface area contributed by atoms with Gasteiger partial charge in [0.25, 0.3) is 0 Å². The molecule has 0 radical (unpaired) electrons. The minimum atomic E-state index is 0.919. The monoisotopic (exact) mass is 649 g/mol. The molecule has 0 atom stereocenters. The summed E-state index contributed by atoms with van der Waals surface area (Å²) in [5.74, 6) is 0. The molecule has 1 aliphatic carbocycles. The van der Waals surface area contributed by atoms with Gasteiger partial charge in [-0.25, -0.2) is 0 Å². The maximum absolute atomic E-state index is 6.11. The van der Waals surface area contributed by atoms with Crippen LogP contribution in [0.2, 0.25) is 0 Å². The van der Waals surface area contributed by atoms with E-state index >= 15 is 0 Å². The van der Waals surface area contributed by atoms with Crippen molar-refractivity contribution in [3.8, 4) is 50.2 Å². The third-order valence-corrected chi connectivity index (χ3v) is 10.9. The van der Waals surface area contributed by atoms with Gasteiger partial charge < -0.3 is 8.98 Å². The van der Waals surface area contributed by atoms with Crippen molar-refractivity contribution in [2.24, 2.45) is 0 Å². The zero-order valence-electron chi connectivity index (χ0n) is 27.8. The molecule has 238 valence electrons. The Hall–Kier alpha value is -6.64. The first-order chi connectivity index (χ1) is 25.3. The van der Waals surface area contributed by atoms with Gasteiger partial charge in [0.05, 0.1) is 11.0 Å². The van der Waals surface area contributed by atoms with Crippen LogP contribution in [0.25, 0.3) is 93.9 Å². The van der Waals surface area contributed by atoms with Crippen molar-refractivity contribution >= 4 is 43.7 Å². The van der Waals surface area contributed by atoms with E-state index < -0.39 is 0 Å². The fourth-order valence-electron chi connectivity index (χ4n) is 8.52. The number of hydrogen-bond donors (Lipinski definition) is 0. The lowest BCUT2D eigenvalue weighted by Crippen LogP contribution is -1.94. The summed E-state index contributed by atoms with van der Waals surface area (Å²) in [5.41, 5.74) is 18.5. The Kier molecular flexibility index (Phi) is 6.05. The molecule has 0 N–H and O–H groups in total. The Labute approximate surface area is 295 Å². The number of fused-ring (bicyclic) bond motifs is 9. The van der Waals surface area contributed by atoms with E-state index in [1.54, 1.807) is 0 Å². The molecule has 1 aliphatic rings. The van der Waals surface area contributed by atoms with E-state index in [0.717, 1.165) is 34.0 Å². The Morgan fingerprint density at radius 3 is 1.67 bits per heavy atom. The van der Waals surface area contributed by atoms with Gasteiger partial charge in [-0.1, -0.05) is 127 Å². The molecule has 0 spiro atoms. The quantitative estimate of drug-likeness (QED) is 0.186. The summed E-state index contributed by atoms with van der Waals surface area (Å²) < 4.78 is 8.52. The first kappa shape index (κ1) is 28.2. The Morgan fingerprint density at radius 1 is 0.353 bits per heavy atom. The molecule has 10 aromatic rings. The van der Waals surface area contributed by atoms with E-state index in [0.29, 0.717) is 0 Å². The zero-order valence-corrected chi connectivity index (χ0v) is 27.8. The first-order valence-corrected chi connectivity index (χ1v) is 17.6. The average molecular weight is 650 g/mol. The van der Waals surface area contributed by atoms with Crippen molar-refractivity contribution in [1.82, 2.24) is 4.57 Å². The fourth-order valence-corrected chi connectivity index (χ4v) is 8.52. The van der Waals surface area contributed by atoms with Crippen LogP contribution >= 0.6 is 0 Å². The fraction of sp³-hybridized carbons (Fsp3) is 0.0204. The highest BCUT2D eigenvalue weighted by molar-refractivity contribution is 6.11. The maximum Gasteiger partial charge on any atom is 0.135 e. The van der Waals surface area contributed by atoms with Gasteiger partial charge in [0, 0.05) is 27.2 Å². The molecule has 11 rings (SSSR count). The summed E-state index contributed by atoms with van der Waals surface area (Å²) in [6, 6.07) is 63.9. The van der Waals surface area contributed by atoms with Gasteiger partial charge in [0.1, 0.15) is 11.2 Å². The van der Waals surface area contributed by atoms with E-state index in [4.69, 9.17) is 4.42 Å². The second-order valence-electron chi connectivity index (χ2n) is 13.6. The second kappa shape index (κ2) is 10.9. The highest BCUT2D eigenvalue weighted by Gasteiger charge is 2.24. The van der Waals surface area contributed by atoms with Crippen LogP contribution in [0.15, 0.2) is 180 Å². The smallest absolute Gasteiger partial charge is 0.135 e. The van der Waals surface area contributed by atoms with Gasteiger partial charge in [-0.15, -0.1) is 0 Å². The van der Waals surface area contributed by atoms with Crippen molar-refractivity contribution in [2.75, 3.05) is 0 Å². The van der Waals surface area contributed by atoms with E-state index in [9.17, 15) is 0 Å². The molecule has 2 aromatic heterocycles. The molecule has 0 unspecified atom stereocenters. The van der Waals surface area contributed by atoms with Crippen LogP contribution in [-0.2, 0) is 6.42 Å². The predicted molar refractivity (Wildman–Crippen MR) is 213 cm³/mol. The van der Waals surface area contributed by atoms with Crippen LogP contribution in [0.3, 0.4) is 0 Å². The molecule has 0 fully saturated rings. The van der Waals surface area contributed by atoms with Gasteiger partial charge in [-0.3, -0.25) is 0 Å². The largest absolute Gasteiger partial charge is 0.456 e. The Balaban J connectivity index is 0.989. The molecule has 0 saturated heterocycles. The van der Waals surface area contributed by atoms with Crippen LogP contribution < -0.4 is 0 Å². The van der Waals surface area contributed by atoms with Gasteiger partial charge in [-0.05, 0) is 111 Å². The highest BCUT2D eigenvalue weighted by atomic mass is 16.3. The number of benzene rings is 8. The van der Waals surface area contributed by atoms with Gasteiger partial charge in [-0.2, -0.15) is 0 Å². The highest BCUT2D eigenvalue weighted by Crippen LogP contribution is 2.45. The lowest BCUT2D eigenvalue weighted by Gasteiger charge is -2.12. The average Bonchev–Trinajstić information content (AvgIpc) is 3.87. The topological polar surface area (TPSA) is 18.1 Å². The van der Waals surface area contributed by atoms with Crippen LogP contribution in [0.1, 0.15) is 11.1 Å². The summed E-state index contributed by atoms with van der Waals surface area (Å²) in [4.78, 5) is 0. The molecule has 2 heterocycles. The predicted octanol–water partition coefficient (Wildman–Crippen LogP) is 13.3. The van der Waals surface area contributed by atoms with Crippen molar-refractivity contribution in [1.29, 1.82) is 0 Å². The van der Waals surface area contributed by atoms with Crippen molar-refractivity contribution in [3.63, 3.8) is 0 Å². The molecule has 51 heavy (non-hydrogen) atoms. The van der Waals surface area contributed by atoms with Crippen LogP contribution in [0.5, 0.6) is 0 Å². The minimum Gasteiger partial charge on any atom is -0.456 e. The van der Waals surface area contributed by atoms with Crippen LogP contribution in [0.4, 0.5) is 0 Å².